The van der Waals surface area contributed by atoms with Gasteiger partial charge >= 0.3 is 5.97 Å². The van der Waals surface area contributed by atoms with Crippen LogP contribution in [0.2, 0.25) is 0 Å². The maximum absolute atomic E-state index is 10.7. The molecule has 0 atom stereocenters. The molecule has 0 bridgehead atoms. The number of carbonyl (C=O) groups is 1. The summed E-state index contributed by atoms with van der Waals surface area (Å²) in [6, 6.07) is 5.73. The van der Waals surface area contributed by atoms with E-state index in [1.54, 1.807) is 0 Å². The Hall–Kier alpha value is -1.22. The van der Waals surface area contributed by atoms with Gasteiger partial charge < -0.3 is 9.40 Å². The van der Waals surface area contributed by atoms with Gasteiger partial charge in [-0.1, -0.05) is 6.07 Å². The summed E-state index contributed by atoms with van der Waals surface area (Å²) in [6.07, 6.45) is 0. The van der Waals surface area contributed by atoms with Crippen LogP contribution in [0.4, 0.5) is 0 Å². The lowest BCUT2D eigenvalue weighted by Crippen LogP contribution is -1.96. The Bertz CT molecular complexity index is 272. The Labute approximate surface area is 68.3 Å². The molecule has 0 fully saturated rings. The summed E-state index contributed by atoms with van der Waals surface area (Å²) in [6.45, 7) is 0. The van der Waals surface area contributed by atoms with E-state index in [2.05, 4.69) is 4.29 Å². The standard InChI is InChI=1S/C7H5ClO3/c8-11-7(10)5-2-1-3-6(9)4-5/h1-4,9H. The first-order valence-corrected chi connectivity index (χ1v) is 3.17. The van der Waals surface area contributed by atoms with Gasteiger partial charge in [0, 0.05) is 0 Å². The predicted molar refractivity (Wildman–Crippen MR) is 39.4 cm³/mol. The molecular weight excluding hydrogens is 168 g/mol. The summed E-state index contributed by atoms with van der Waals surface area (Å²) in [5.74, 6) is -0.674. The van der Waals surface area contributed by atoms with Gasteiger partial charge in [-0.2, -0.15) is 0 Å². The molecule has 0 heterocycles. The van der Waals surface area contributed by atoms with Gasteiger partial charge in [-0.05, 0) is 18.2 Å². The minimum atomic E-state index is -0.678. The van der Waals surface area contributed by atoms with Gasteiger partial charge in [0.25, 0.3) is 0 Å². The van der Waals surface area contributed by atoms with E-state index in [4.69, 9.17) is 17.0 Å². The van der Waals surface area contributed by atoms with Gasteiger partial charge in [0.15, 0.2) is 0 Å². The number of phenolic OH excluding ortho intramolecular Hbond substituents is 1. The van der Waals surface area contributed by atoms with Crippen molar-refractivity contribution in [3.63, 3.8) is 0 Å². The summed E-state index contributed by atoms with van der Waals surface area (Å²) >= 11 is 4.81. The zero-order valence-corrected chi connectivity index (χ0v) is 6.21. The van der Waals surface area contributed by atoms with Crippen LogP contribution in [0.3, 0.4) is 0 Å². The number of aromatic hydroxyl groups is 1. The molecule has 0 saturated heterocycles. The summed E-state index contributed by atoms with van der Waals surface area (Å²) in [5, 5.41) is 8.91. The maximum atomic E-state index is 10.7. The summed E-state index contributed by atoms with van der Waals surface area (Å²) in [7, 11) is 0. The van der Waals surface area contributed by atoms with Crippen LogP contribution in [-0.2, 0) is 4.29 Å². The van der Waals surface area contributed by atoms with Gasteiger partial charge in [0.2, 0.25) is 0 Å². The second kappa shape index (κ2) is 3.25. The number of carbonyl (C=O) groups excluding carboxylic acids is 1. The van der Waals surface area contributed by atoms with Gasteiger partial charge in [-0.15, -0.1) is 0 Å². The first-order chi connectivity index (χ1) is 5.24. The molecular formula is C7H5ClO3. The largest absolute Gasteiger partial charge is 0.508 e. The smallest absolute Gasteiger partial charge is 0.356 e. The zero-order valence-electron chi connectivity index (χ0n) is 5.45. The molecule has 0 spiro atoms. The minimum Gasteiger partial charge on any atom is -0.508 e. The van der Waals surface area contributed by atoms with E-state index in [0.717, 1.165) is 0 Å². The summed E-state index contributed by atoms with van der Waals surface area (Å²) in [4.78, 5) is 10.7. The van der Waals surface area contributed by atoms with Crippen LogP contribution in [0.1, 0.15) is 10.4 Å². The van der Waals surface area contributed by atoms with Crippen molar-refractivity contribution in [2.24, 2.45) is 0 Å². The topological polar surface area (TPSA) is 46.5 Å². The second-order valence-electron chi connectivity index (χ2n) is 1.91. The van der Waals surface area contributed by atoms with Gasteiger partial charge in [0.1, 0.15) is 17.6 Å². The van der Waals surface area contributed by atoms with Crippen LogP contribution in [0.15, 0.2) is 24.3 Å². The molecule has 0 amide bonds. The molecule has 1 aromatic carbocycles. The Kier molecular flexibility index (Phi) is 2.33. The van der Waals surface area contributed by atoms with Crippen molar-refractivity contribution >= 4 is 17.8 Å². The average Bonchev–Trinajstić information content (AvgIpc) is 2.03. The van der Waals surface area contributed by atoms with Crippen molar-refractivity contribution in [1.29, 1.82) is 0 Å². The highest BCUT2D eigenvalue weighted by molar-refractivity contribution is 6.15. The fourth-order valence-corrected chi connectivity index (χ4v) is 0.767. The van der Waals surface area contributed by atoms with Crippen molar-refractivity contribution in [3.05, 3.63) is 29.8 Å². The third kappa shape index (κ3) is 1.85. The minimum absolute atomic E-state index is 0.00423. The lowest BCUT2D eigenvalue weighted by molar-refractivity contribution is 0.0751. The van der Waals surface area contributed by atoms with E-state index < -0.39 is 5.97 Å². The molecule has 0 aromatic heterocycles. The van der Waals surface area contributed by atoms with E-state index in [9.17, 15) is 4.79 Å². The SMILES string of the molecule is O=C(OCl)c1cccc(O)c1. The van der Waals surface area contributed by atoms with Crippen LogP contribution in [0, 0.1) is 0 Å². The predicted octanol–water partition coefficient (Wildman–Crippen LogP) is 1.70. The Morgan fingerprint density at radius 1 is 1.55 bits per heavy atom. The molecule has 3 nitrogen and oxygen atoms in total. The van der Waals surface area contributed by atoms with E-state index >= 15 is 0 Å². The van der Waals surface area contributed by atoms with E-state index in [-0.39, 0.29) is 11.3 Å². The number of hydrogen-bond donors (Lipinski definition) is 1. The molecule has 4 heteroatoms. The average molecular weight is 173 g/mol. The van der Waals surface area contributed by atoms with Crippen LogP contribution in [-0.4, -0.2) is 11.1 Å². The summed E-state index contributed by atoms with van der Waals surface area (Å²) in [5.41, 5.74) is 0.222. The van der Waals surface area contributed by atoms with Crippen molar-refractivity contribution < 1.29 is 14.2 Å². The van der Waals surface area contributed by atoms with Crippen molar-refractivity contribution in [1.82, 2.24) is 0 Å². The quantitative estimate of drug-likeness (QED) is 0.702. The molecule has 11 heavy (non-hydrogen) atoms. The zero-order chi connectivity index (χ0) is 8.27. The highest BCUT2D eigenvalue weighted by atomic mass is 35.5. The highest BCUT2D eigenvalue weighted by Gasteiger charge is 2.05. The molecule has 1 N–H and O–H groups in total. The Morgan fingerprint density at radius 2 is 2.27 bits per heavy atom. The van der Waals surface area contributed by atoms with Gasteiger partial charge in [-0.3, -0.25) is 0 Å². The molecule has 58 valence electrons. The van der Waals surface area contributed by atoms with E-state index in [0.29, 0.717) is 0 Å². The summed E-state index contributed by atoms with van der Waals surface area (Å²) < 4.78 is 3.91. The van der Waals surface area contributed by atoms with Crippen LogP contribution >= 0.6 is 11.9 Å². The normalized spacial score (nSPS) is 9.18. The molecule has 1 rings (SSSR count). The van der Waals surface area contributed by atoms with Crippen molar-refractivity contribution in [2.75, 3.05) is 0 Å². The molecule has 0 unspecified atom stereocenters. The third-order valence-electron chi connectivity index (χ3n) is 1.15. The Morgan fingerprint density at radius 3 is 2.82 bits per heavy atom. The maximum Gasteiger partial charge on any atom is 0.356 e. The molecule has 0 saturated carbocycles. The number of benzene rings is 1. The van der Waals surface area contributed by atoms with Gasteiger partial charge in [0.05, 0.1) is 5.56 Å². The van der Waals surface area contributed by atoms with E-state index in [1.807, 2.05) is 0 Å². The molecule has 0 aliphatic rings. The van der Waals surface area contributed by atoms with Crippen molar-refractivity contribution in [3.8, 4) is 5.75 Å². The fraction of sp³-hybridized carbons (Fsp3) is 0. The number of phenols is 1. The monoisotopic (exact) mass is 172 g/mol. The van der Waals surface area contributed by atoms with Crippen LogP contribution < -0.4 is 0 Å². The molecule has 0 aliphatic carbocycles. The third-order valence-corrected chi connectivity index (χ3v) is 1.29. The number of rotatable bonds is 1. The van der Waals surface area contributed by atoms with Gasteiger partial charge in [-0.25, -0.2) is 4.79 Å². The first-order valence-electron chi connectivity index (χ1n) is 2.86. The van der Waals surface area contributed by atoms with Crippen LogP contribution in [0.25, 0.3) is 0 Å². The fourth-order valence-electron chi connectivity index (χ4n) is 0.677. The number of halogens is 1. The molecule has 0 radical (unpaired) electrons. The first kappa shape index (κ1) is 7.88. The Balaban J connectivity index is 2.96. The van der Waals surface area contributed by atoms with Crippen LogP contribution in [0.5, 0.6) is 5.75 Å². The lowest BCUT2D eigenvalue weighted by atomic mass is 10.2. The highest BCUT2D eigenvalue weighted by Crippen LogP contribution is 2.11. The molecule has 1 aromatic rings. The number of hydrogen-bond acceptors (Lipinski definition) is 3. The lowest BCUT2D eigenvalue weighted by Gasteiger charge is -1.95. The van der Waals surface area contributed by atoms with E-state index in [1.165, 1.54) is 24.3 Å². The van der Waals surface area contributed by atoms with Crippen molar-refractivity contribution in [2.45, 2.75) is 0 Å². The second-order valence-corrected chi connectivity index (χ2v) is 2.07. The molecule has 0 aliphatic heterocycles.